The molecule has 0 saturated carbocycles. The number of benzene rings is 2. The lowest BCUT2D eigenvalue weighted by atomic mass is 9.88. The first-order valence-corrected chi connectivity index (χ1v) is 7.33. The van der Waals surface area contributed by atoms with Crippen LogP contribution >= 0.6 is 0 Å². The average molecular weight is 269 g/mol. The Morgan fingerprint density at radius 3 is 2.75 bits per heavy atom. The highest BCUT2D eigenvalue weighted by atomic mass is 19.1. The van der Waals surface area contributed by atoms with Crippen molar-refractivity contribution in [3.8, 4) is 0 Å². The normalized spacial score (nSPS) is 17.2. The van der Waals surface area contributed by atoms with Crippen molar-refractivity contribution >= 4 is 0 Å². The Kier molecular flexibility index (Phi) is 3.83. The standard InChI is InChI=1S/C18H20FN/c19-17-8-7-13-10-14-4-1-2-6-18(14)15(5-3-9-20)11-16(13)12-17/h1-2,4,6-8,12,15H,3,5,9-11,20H2. The van der Waals surface area contributed by atoms with Crippen LogP contribution in [0.1, 0.15) is 41.0 Å². The minimum atomic E-state index is -0.132. The lowest BCUT2D eigenvalue weighted by Crippen LogP contribution is -2.07. The molecule has 2 aromatic rings. The van der Waals surface area contributed by atoms with E-state index in [9.17, 15) is 4.39 Å². The van der Waals surface area contributed by atoms with Gasteiger partial charge >= 0.3 is 0 Å². The number of fused-ring (bicyclic) bond motifs is 2. The summed E-state index contributed by atoms with van der Waals surface area (Å²) in [5, 5.41) is 0. The van der Waals surface area contributed by atoms with E-state index in [4.69, 9.17) is 5.73 Å². The van der Waals surface area contributed by atoms with E-state index < -0.39 is 0 Å². The summed E-state index contributed by atoms with van der Waals surface area (Å²) in [6.45, 7) is 0.717. The topological polar surface area (TPSA) is 26.0 Å². The Morgan fingerprint density at radius 1 is 1.05 bits per heavy atom. The van der Waals surface area contributed by atoms with Crippen LogP contribution in [-0.4, -0.2) is 6.54 Å². The monoisotopic (exact) mass is 269 g/mol. The summed E-state index contributed by atoms with van der Waals surface area (Å²) < 4.78 is 13.5. The number of hydrogen-bond acceptors (Lipinski definition) is 1. The van der Waals surface area contributed by atoms with E-state index >= 15 is 0 Å². The predicted molar refractivity (Wildman–Crippen MR) is 80.4 cm³/mol. The first-order chi connectivity index (χ1) is 9.78. The smallest absolute Gasteiger partial charge is 0.123 e. The summed E-state index contributed by atoms with van der Waals surface area (Å²) in [4.78, 5) is 0. The number of nitrogens with two attached hydrogens (primary N) is 1. The molecule has 1 unspecified atom stereocenters. The van der Waals surface area contributed by atoms with E-state index in [-0.39, 0.29) is 5.82 Å². The Bertz CT molecular complexity index is 606. The Balaban J connectivity index is 2.02. The third-order valence-electron chi connectivity index (χ3n) is 4.27. The van der Waals surface area contributed by atoms with Gasteiger partial charge in [0.2, 0.25) is 0 Å². The van der Waals surface area contributed by atoms with E-state index in [1.807, 2.05) is 6.07 Å². The molecule has 0 amide bonds. The van der Waals surface area contributed by atoms with Crippen molar-refractivity contribution in [1.82, 2.24) is 0 Å². The van der Waals surface area contributed by atoms with Crippen molar-refractivity contribution in [2.45, 2.75) is 31.6 Å². The Hall–Kier alpha value is -1.67. The van der Waals surface area contributed by atoms with Crippen LogP contribution in [0.2, 0.25) is 0 Å². The van der Waals surface area contributed by atoms with Crippen molar-refractivity contribution in [1.29, 1.82) is 0 Å². The molecule has 20 heavy (non-hydrogen) atoms. The summed E-state index contributed by atoms with van der Waals surface area (Å²) in [5.74, 6) is 0.324. The molecule has 2 aromatic carbocycles. The molecule has 0 bridgehead atoms. The third kappa shape index (κ3) is 2.61. The molecule has 0 saturated heterocycles. The Labute approximate surface area is 119 Å². The molecule has 0 spiro atoms. The first-order valence-electron chi connectivity index (χ1n) is 7.33. The van der Waals surface area contributed by atoms with Gasteiger partial charge in [-0.2, -0.15) is 0 Å². The third-order valence-corrected chi connectivity index (χ3v) is 4.27. The van der Waals surface area contributed by atoms with Crippen LogP contribution in [0.4, 0.5) is 4.39 Å². The molecule has 1 atom stereocenters. The maximum absolute atomic E-state index is 13.5. The average Bonchev–Trinajstić information content (AvgIpc) is 2.61. The second-order valence-electron chi connectivity index (χ2n) is 5.62. The highest BCUT2D eigenvalue weighted by Gasteiger charge is 2.21. The van der Waals surface area contributed by atoms with E-state index in [1.165, 1.54) is 16.7 Å². The largest absolute Gasteiger partial charge is 0.330 e. The van der Waals surface area contributed by atoms with E-state index in [0.29, 0.717) is 12.5 Å². The van der Waals surface area contributed by atoms with Crippen LogP contribution in [0.5, 0.6) is 0 Å². The highest BCUT2D eigenvalue weighted by Crippen LogP contribution is 2.34. The van der Waals surface area contributed by atoms with Gasteiger partial charge in [-0.15, -0.1) is 0 Å². The zero-order valence-electron chi connectivity index (χ0n) is 11.6. The van der Waals surface area contributed by atoms with Crippen molar-refractivity contribution in [3.05, 3.63) is 70.5 Å². The number of rotatable bonds is 3. The van der Waals surface area contributed by atoms with Crippen molar-refractivity contribution in [2.24, 2.45) is 5.73 Å². The molecule has 1 aliphatic carbocycles. The van der Waals surface area contributed by atoms with Gasteiger partial charge in [-0.25, -0.2) is 4.39 Å². The van der Waals surface area contributed by atoms with Gasteiger partial charge in [0.05, 0.1) is 0 Å². The number of halogens is 1. The second kappa shape index (κ2) is 5.76. The lowest BCUT2D eigenvalue weighted by molar-refractivity contribution is 0.588. The molecule has 0 radical (unpaired) electrons. The fourth-order valence-corrected chi connectivity index (χ4v) is 3.25. The Morgan fingerprint density at radius 2 is 1.90 bits per heavy atom. The quantitative estimate of drug-likeness (QED) is 0.901. The summed E-state index contributed by atoms with van der Waals surface area (Å²) >= 11 is 0. The molecule has 2 heteroatoms. The van der Waals surface area contributed by atoms with Crippen molar-refractivity contribution in [3.63, 3.8) is 0 Å². The van der Waals surface area contributed by atoms with Crippen LogP contribution in [0.25, 0.3) is 0 Å². The molecular weight excluding hydrogens is 249 g/mol. The molecule has 1 nitrogen and oxygen atoms in total. The zero-order chi connectivity index (χ0) is 13.9. The van der Waals surface area contributed by atoms with Crippen LogP contribution in [0.3, 0.4) is 0 Å². The van der Waals surface area contributed by atoms with Gasteiger partial charge in [0.15, 0.2) is 0 Å². The van der Waals surface area contributed by atoms with Gasteiger partial charge in [0, 0.05) is 0 Å². The summed E-state index contributed by atoms with van der Waals surface area (Å²) in [6, 6.07) is 13.8. The van der Waals surface area contributed by atoms with Gasteiger partial charge in [-0.1, -0.05) is 30.3 Å². The molecule has 2 N–H and O–H groups in total. The second-order valence-corrected chi connectivity index (χ2v) is 5.62. The van der Waals surface area contributed by atoms with Gasteiger partial charge in [0.1, 0.15) is 5.82 Å². The van der Waals surface area contributed by atoms with Gasteiger partial charge in [0.25, 0.3) is 0 Å². The summed E-state index contributed by atoms with van der Waals surface area (Å²) in [6.07, 6.45) is 3.92. The van der Waals surface area contributed by atoms with Crippen molar-refractivity contribution in [2.75, 3.05) is 6.54 Å². The lowest BCUT2D eigenvalue weighted by Gasteiger charge is -2.17. The first kappa shape index (κ1) is 13.3. The maximum atomic E-state index is 13.5. The molecule has 0 aliphatic heterocycles. The molecule has 0 fully saturated rings. The summed E-state index contributed by atoms with van der Waals surface area (Å²) in [5.41, 5.74) is 10.9. The summed E-state index contributed by atoms with van der Waals surface area (Å²) in [7, 11) is 0. The minimum Gasteiger partial charge on any atom is -0.330 e. The van der Waals surface area contributed by atoms with Gasteiger partial charge < -0.3 is 5.73 Å². The zero-order valence-corrected chi connectivity index (χ0v) is 11.6. The fourth-order valence-electron chi connectivity index (χ4n) is 3.25. The minimum absolute atomic E-state index is 0.132. The van der Waals surface area contributed by atoms with Crippen LogP contribution < -0.4 is 5.73 Å². The molecule has 0 heterocycles. The highest BCUT2D eigenvalue weighted by molar-refractivity contribution is 5.42. The van der Waals surface area contributed by atoms with Crippen molar-refractivity contribution < 1.29 is 4.39 Å². The van der Waals surface area contributed by atoms with Crippen LogP contribution in [-0.2, 0) is 12.8 Å². The molecular formula is C18H20FN. The molecule has 1 aliphatic rings. The van der Waals surface area contributed by atoms with Crippen LogP contribution in [0, 0.1) is 5.82 Å². The van der Waals surface area contributed by atoms with E-state index in [0.717, 1.165) is 31.2 Å². The molecule has 0 aromatic heterocycles. The van der Waals surface area contributed by atoms with Gasteiger partial charge in [-0.05, 0) is 72.5 Å². The van der Waals surface area contributed by atoms with Gasteiger partial charge in [-0.3, -0.25) is 0 Å². The SMILES string of the molecule is NCCCC1Cc2cc(F)ccc2Cc2ccccc21. The fraction of sp³-hybridized carbons (Fsp3) is 0.333. The number of hydrogen-bond donors (Lipinski definition) is 1. The molecule has 3 rings (SSSR count). The maximum Gasteiger partial charge on any atom is 0.123 e. The molecule has 104 valence electrons. The predicted octanol–water partition coefficient (Wildman–Crippen LogP) is 3.80. The van der Waals surface area contributed by atoms with E-state index in [1.54, 1.807) is 12.1 Å². The van der Waals surface area contributed by atoms with E-state index in [2.05, 4.69) is 24.3 Å². The van der Waals surface area contributed by atoms with Crippen LogP contribution in [0.15, 0.2) is 42.5 Å².